The van der Waals surface area contributed by atoms with Crippen molar-refractivity contribution in [2.24, 2.45) is 0 Å². The second kappa shape index (κ2) is 5.30. The van der Waals surface area contributed by atoms with Crippen LogP contribution in [0, 0.1) is 11.3 Å². The predicted molar refractivity (Wildman–Crippen MR) is 46.8 cm³/mol. The maximum atomic E-state index is 11.7. The van der Waals surface area contributed by atoms with Crippen molar-refractivity contribution >= 4 is 0 Å². The van der Waals surface area contributed by atoms with Gasteiger partial charge in [-0.25, -0.2) is 8.78 Å². The Morgan fingerprint density at radius 1 is 1.36 bits per heavy atom. The standard InChI is InChI=1S/C10H9F2NO/c11-10(12)7-14-6-9-4-2-1-3-8(9)5-13/h1-4,10H,6-7H2. The van der Waals surface area contributed by atoms with E-state index in [0.29, 0.717) is 11.1 Å². The first-order chi connectivity index (χ1) is 6.74. The van der Waals surface area contributed by atoms with Gasteiger partial charge in [0.1, 0.15) is 6.61 Å². The molecule has 0 heterocycles. The number of halogens is 2. The first-order valence-electron chi connectivity index (χ1n) is 4.08. The fraction of sp³-hybridized carbons (Fsp3) is 0.300. The van der Waals surface area contributed by atoms with Crippen LogP contribution in [0.4, 0.5) is 8.78 Å². The molecule has 0 spiro atoms. The molecule has 1 aromatic carbocycles. The van der Waals surface area contributed by atoms with Crippen LogP contribution in [0.3, 0.4) is 0 Å². The Labute approximate surface area is 80.7 Å². The van der Waals surface area contributed by atoms with Crippen molar-refractivity contribution in [1.29, 1.82) is 5.26 Å². The summed E-state index contributed by atoms with van der Waals surface area (Å²) in [5, 5.41) is 8.67. The van der Waals surface area contributed by atoms with E-state index in [1.165, 1.54) is 0 Å². The lowest BCUT2D eigenvalue weighted by molar-refractivity contribution is 0.00981. The summed E-state index contributed by atoms with van der Waals surface area (Å²) in [6.07, 6.45) is -2.47. The van der Waals surface area contributed by atoms with E-state index in [9.17, 15) is 8.78 Å². The second-order valence-corrected chi connectivity index (χ2v) is 2.68. The van der Waals surface area contributed by atoms with E-state index in [1.807, 2.05) is 6.07 Å². The zero-order chi connectivity index (χ0) is 10.4. The van der Waals surface area contributed by atoms with Gasteiger partial charge in [0.05, 0.1) is 18.2 Å². The number of benzene rings is 1. The summed E-state index contributed by atoms with van der Waals surface area (Å²) < 4.78 is 28.2. The Balaban J connectivity index is 2.54. The van der Waals surface area contributed by atoms with Crippen molar-refractivity contribution < 1.29 is 13.5 Å². The molecular weight excluding hydrogens is 188 g/mol. The Kier molecular flexibility index (Phi) is 4.02. The largest absolute Gasteiger partial charge is 0.371 e. The topological polar surface area (TPSA) is 33.0 Å². The third-order valence-corrected chi connectivity index (χ3v) is 1.64. The molecule has 0 atom stereocenters. The van der Waals surface area contributed by atoms with Crippen molar-refractivity contribution in [3.63, 3.8) is 0 Å². The first-order valence-corrected chi connectivity index (χ1v) is 4.08. The zero-order valence-corrected chi connectivity index (χ0v) is 7.41. The molecule has 0 aromatic heterocycles. The molecule has 1 rings (SSSR count). The lowest BCUT2D eigenvalue weighted by Crippen LogP contribution is -2.04. The van der Waals surface area contributed by atoms with Gasteiger partial charge in [-0.15, -0.1) is 0 Å². The number of rotatable bonds is 4. The lowest BCUT2D eigenvalue weighted by Gasteiger charge is -2.04. The Hall–Kier alpha value is -1.47. The van der Waals surface area contributed by atoms with E-state index in [4.69, 9.17) is 10.00 Å². The summed E-state index contributed by atoms with van der Waals surface area (Å²) in [7, 11) is 0. The van der Waals surface area contributed by atoms with E-state index in [0.717, 1.165) is 0 Å². The molecule has 0 saturated heterocycles. The molecular formula is C10H9F2NO. The summed E-state index contributed by atoms with van der Waals surface area (Å²) in [5.41, 5.74) is 1.09. The summed E-state index contributed by atoms with van der Waals surface area (Å²) in [4.78, 5) is 0. The highest BCUT2D eigenvalue weighted by molar-refractivity contribution is 5.36. The molecule has 0 unspecified atom stereocenters. The summed E-state index contributed by atoms with van der Waals surface area (Å²) in [5.74, 6) is 0. The molecule has 14 heavy (non-hydrogen) atoms. The average Bonchev–Trinajstić information content (AvgIpc) is 2.18. The van der Waals surface area contributed by atoms with E-state index < -0.39 is 13.0 Å². The molecule has 0 N–H and O–H groups in total. The maximum Gasteiger partial charge on any atom is 0.261 e. The minimum atomic E-state index is -2.47. The highest BCUT2D eigenvalue weighted by atomic mass is 19.3. The SMILES string of the molecule is N#Cc1ccccc1COCC(F)F. The molecule has 0 amide bonds. The molecule has 0 aliphatic heterocycles. The van der Waals surface area contributed by atoms with Crippen molar-refractivity contribution in [1.82, 2.24) is 0 Å². The Morgan fingerprint density at radius 2 is 2.07 bits per heavy atom. The van der Waals surface area contributed by atoms with Crippen molar-refractivity contribution in [2.45, 2.75) is 13.0 Å². The van der Waals surface area contributed by atoms with Gasteiger partial charge in [-0.3, -0.25) is 0 Å². The first kappa shape index (κ1) is 10.6. The zero-order valence-electron chi connectivity index (χ0n) is 7.41. The van der Waals surface area contributed by atoms with Crippen LogP contribution in [0.15, 0.2) is 24.3 Å². The summed E-state index contributed by atoms with van der Waals surface area (Å²) >= 11 is 0. The normalized spacial score (nSPS) is 10.1. The van der Waals surface area contributed by atoms with Crippen LogP contribution in [0.2, 0.25) is 0 Å². The van der Waals surface area contributed by atoms with Gasteiger partial charge in [0.2, 0.25) is 0 Å². The van der Waals surface area contributed by atoms with Gasteiger partial charge in [-0.05, 0) is 11.6 Å². The third kappa shape index (κ3) is 3.11. The molecule has 4 heteroatoms. The monoisotopic (exact) mass is 197 g/mol. The Bertz CT molecular complexity index is 333. The molecule has 0 bridgehead atoms. The lowest BCUT2D eigenvalue weighted by atomic mass is 10.1. The molecule has 0 saturated carbocycles. The summed E-state index contributed by atoms with van der Waals surface area (Å²) in [6.45, 7) is -0.548. The quantitative estimate of drug-likeness (QED) is 0.742. The highest BCUT2D eigenvalue weighted by Gasteiger charge is 2.04. The minimum absolute atomic E-state index is 0.0497. The molecule has 74 valence electrons. The smallest absolute Gasteiger partial charge is 0.261 e. The number of hydrogen-bond donors (Lipinski definition) is 0. The van der Waals surface area contributed by atoms with Crippen molar-refractivity contribution in [3.05, 3.63) is 35.4 Å². The van der Waals surface area contributed by atoms with E-state index in [1.54, 1.807) is 24.3 Å². The summed E-state index contributed by atoms with van der Waals surface area (Å²) in [6, 6.07) is 8.73. The number of hydrogen-bond acceptors (Lipinski definition) is 2. The number of nitrogens with zero attached hydrogens (tertiary/aromatic N) is 1. The van der Waals surface area contributed by atoms with Crippen LogP contribution in [0.5, 0.6) is 0 Å². The van der Waals surface area contributed by atoms with Gasteiger partial charge in [0, 0.05) is 0 Å². The fourth-order valence-electron chi connectivity index (χ4n) is 1.01. The molecule has 0 radical (unpaired) electrons. The van der Waals surface area contributed by atoms with Crippen molar-refractivity contribution in [3.8, 4) is 6.07 Å². The molecule has 2 nitrogen and oxygen atoms in total. The number of alkyl halides is 2. The van der Waals surface area contributed by atoms with E-state index in [2.05, 4.69) is 0 Å². The van der Waals surface area contributed by atoms with E-state index >= 15 is 0 Å². The van der Waals surface area contributed by atoms with Crippen LogP contribution in [0.1, 0.15) is 11.1 Å². The molecule has 1 aromatic rings. The van der Waals surface area contributed by atoms with Gasteiger partial charge >= 0.3 is 0 Å². The van der Waals surface area contributed by atoms with Crippen LogP contribution in [-0.2, 0) is 11.3 Å². The molecule has 0 aliphatic rings. The Morgan fingerprint density at radius 3 is 2.71 bits per heavy atom. The van der Waals surface area contributed by atoms with Crippen LogP contribution >= 0.6 is 0 Å². The van der Waals surface area contributed by atoms with Gasteiger partial charge in [0.15, 0.2) is 0 Å². The van der Waals surface area contributed by atoms with Crippen LogP contribution in [-0.4, -0.2) is 13.0 Å². The van der Waals surface area contributed by atoms with Crippen LogP contribution in [0.25, 0.3) is 0 Å². The third-order valence-electron chi connectivity index (χ3n) is 1.64. The number of nitriles is 1. The van der Waals surface area contributed by atoms with E-state index in [-0.39, 0.29) is 6.61 Å². The van der Waals surface area contributed by atoms with Gasteiger partial charge in [0.25, 0.3) is 6.43 Å². The molecule has 0 aliphatic carbocycles. The van der Waals surface area contributed by atoms with Gasteiger partial charge < -0.3 is 4.74 Å². The predicted octanol–water partition coefficient (Wildman–Crippen LogP) is 2.34. The maximum absolute atomic E-state index is 11.7. The van der Waals surface area contributed by atoms with Gasteiger partial charge in [-0.1, -0.05) is 18.2 Å². The average molecular weight is 197 g/mol. The van der Waals surface area contributed by atoms with Crippen molar-refractivity contribution in [2.75, 3.05) is 6.61 Å². The fourth-order valence-corrected chi connectivity index (χ4v) is 1.01. The molecule has 0 fully saturated rings. The number of ether oxygens (including phenoxy) is 1. The van der Waals surface area contributed by atoms with Crippen LogP contribution < -0.4 is 0 Å². The second-order valence-electron chi connectivity index (χ2n) is 2.68. The highest BCUT2D eigenvalue weighted by Crippen LogP contribution is 2.09. The van der Waals surface area contributed by atoms with Gasteiger partial charge in [-0.2, -0.15) is 5.26 Å². The minimum Gasteiger partial charge on any atom is -0.371 e.